The molecule has 18 heavy (non-hydrogen) atoms. The van der Waals surface area contributed by atoms with E-state index in [4.69, 9.17) is 17.3 Å². The van der Waals surface area contributed by atoms with E-state index in [0.29, 0.717) is 11.7 Å². The van der Waals surface area contributed by atoms with Crippen LogP contribution < -0.4 is 10.6 Å². The van der Waals surface area contributed by atoms with E-state index in [-0.39, 0.29) is 5.92 Å². The van der Waals surface area contributed by atoms with Gasteiger partial charge in [-0.15, -0.1) is 0 Å². The van der Waals surface area contributed by atoms with Crippen molar-refractivity contribution in [3.05, 3.63) is 35.9 Å². The monoisotopic (exact) mass is 266 g/mol. The van der Waals surface area contributed by atoms with Gasteiger partial charge in [0.25, 0.3) is 0 Å². The summed E-state index contributed by atoms with van der Waals surface area (Å²) >= 11 is 5.08. The molecular formula is C13H18N2O2S. The van der Waals surface area contributed by atoms with Crippen LogP contribution in [0.5, 0.6) is 0 Å². The van der Waals surface area contributed by atoms with Gasteiger partial charge in [-0.1, -0.05) is 44.2 Å². The van der Waals surface area contributed by atoms with Gasteiger partial charge >= 0.3 is 5.97 Å². The summed E-state index contributed by atoms with van der Waals surface area (Å²) in [4.78, 5) is 11.0. The predicted molar refractivity (Wildman–Crippen MR) is 75.3 cm³/mol. The number of carboxylic acids is 1. The Morgan fingerprint density at radius 1 is 1.33 bits per heavy atom. The fraction of sp³-hybridized carbons (Fsp3) is 0.385. The molecule has 1 atom stereocenters. The summed E-state index contributed by atoms with van der Waals surface area (Å²) < 4.78 is 0. The molecule has 0 heterocycles. The molecular weight excluding hydrogens is 248 g/mol. The number of nitrogens with one attached hydrogen (secondary N) is 2. The molecule has 0 aliphatic heterocycles. The summed E-state index contributed by atoms with van der Waals surface area (Å²) in [6, 6.07) is 9.13. The summed E-state index contributed by atoms with van der Waals surface area (Å²) in [7, 11) is 0. The number of aliphatic carboxylic acids is 1. The molecule has 0 radical (unpaired) electrons. The Kier molecular flexibility index (Phi) is 5.58. The van der Waals surface area contributed by atoms with Gasteiger partial charge in [0.15, 0.2) is 5.11 Å². The summed E-state index contributed by atoms with van der Waals surface area (Å²) in [5.74, 6) is -0.923. The summed E-state index contributed by atoms with van der Waals surface area (Å²) in [6.45, 7) is 4.26. The molecule has 0 unspecified atom stereocenters. The lowest BCUT2D eigenvalue weighted by Gasteiger charge is -2.20. The first-order valence-electron chi connectivity index (χ1n) is 5.82. The highest BCUT2D eigenvalue weighted by molar-refractivity contribution is 7.80. The quantitative estimate of drug-likeness (QED) is 0.709. The third-order valence-electron chi connectivity index (χ3n) is 2.52. The Bertz CT molecular complexity index is 407. The zero-order valence-electron chi connectivity index (χ0n) is 10.5. The number of carbonyl (C=O) groups is 1. The van der Waals surface area contributed by atoms with Crippen molar-refractivity contribution in [2.24, 2.45) is 5.92 Å². The standard InChI is InChI=1S/C13H18N2O2S/c1-9(2)11(12(16)17)15-13(18)14-8-10-6-4-3-5-7-10/h3-7,9,11H,8H2,1-2H3,(H,16,17)(H2,14,15,18)/t11-/m0/s1. The number of hydrogen-bond donors (Lipinski definition) is 3. The maximum absolute atomic E-state index is 11.0. The van der Waals surface area contributed by atoms with Crippen LogP contribution in [0.1, 0.15) is 19.4 Å². The molecule has 0 spiro atoms. The molecule has 3 N–H and O–H groups in total. The summed E-state index contributed by atoms with van der Waals surface area (Å²) in [6.07, 6.45) is 0. The van der Waals surface area contributed by atoms with Gasteiger partial charge in [0, 0.05) is 6.54 Å². The lowest BCUT2D eigenvalue weighted by atomic mass is 10.1. The van der Waals surface area contributed by atoms with Crippen molar-refractivity contribution < 1.29 is 9.90 Å². The van der Waals surface area contributed by atoms with Crippen LogP contribution in [-0.2, 0) is 11.3 Å². The lowest BCUT2D eigenvalue weighted by molar-refractivity contribution is -0.140. The van der Waals surface area contributed by atoms with Crippen LogP contribution in [0.15, 0.2) is 30.3 Å². The Labute approximate surface area is 112 Å². The second-order valence-corrected chi connectivity index (χ2v) is 4.78. The Balaban J connectivity index is 2.44. The zero-order valence-corrected chi connectivity index (χ0v) is 11.3. The highest BCUT2D eigenvalue weighted by atomic mass is 32.1. The normalized spacial score (nSPS) is 11.9. The lowest BCUT2D eigenvalue weighted by Crippen LogP contribution is -2.48. The minimum absolute atomic E-state index is 0.0287. The van der Waals surface area contributed by atoms with Crippen LogP contribution in [0.2, 0.25) is 0 Å². The molecule has 5 heteroatoms. The Morgan fingerprint density at radius 3 is 2.44 bits per heavy atom. The molecule has 0 saturated carbocycles. The topological polar surface area (TPSA) is 61.4 Å². The fourth-order valence-electron chi connectivity index (χ4n) is 1.48. The molecule has 98 valence electrons. The Morgan fingerprint density at radius 2 is 1.94 bits per heavy atom. The van der Waals surface area contributed by atoms with Crippen LogP contribution in [0.3, 0.4) is 0 Å². The maximum Gasteiger partial charge on any atom is 0.326 e. The molecule has 0 bridgehead atoms. The molecule has 0 aliphatic carbocycles. The van der Waals surface area contributed by atoms with Crippen molar-refractivity contribution in [1.82, 2.24) is 10.6 Å². The van der Waals surface area contributed by atoms with Crippen molar-refractivity contribution >= 4 is 23.3 Å². The number of carboxylic acid groups (broad SMARTS) is 1. The van der Waals surface area contributed by atoms with Gasteiger partial charge in [-0.25, -0.2) is 4.79 Å². The van der Waals surface area contributed by atoms with Gasteiger partial charge < -0.3 is 15.7 Å². The van der Waals surface area contributed by atoms with E-state index in [2.05, 4.69) is 10.6 Å². The minimum Gasteiger partial charge on any atom is -0.480 e. The zero-order chi connectivity index (χ0) is 13.5. The van der Waals surface area contributed by atoms with E-state index < -0.39 is 12.0 Å². The molecule has 0 aliphatic rings. The van der Waals surface area contributed by atoms with E-state index in [9.17, 15) is 4.79 Å². The summed E-state index contributed by atoms with van der Waals surface area (Å²) in [5, 5.41) is 15.2. The van der Waals surface area contributed by atoms with Crippen LogP contribution in [0.25, 0.3) is 0 Å². The van der Waals surface area contributed by atoms with Gasteiger partial charge in [-0.05, 0) is 23.7 Å². The second-order valence-electron chi connectivity index (χ2n) is 4.37. The predicted octanol–water partition coefficient (Wildman–Crippen LogP) is 1.76. The average molecular weight is 266 g/mol. The molecule has 1 aromatic rings. The van der Waals surface area contributed by atoms with E-state index >= 15 is 0 Å². The molecule has 1 aromatic carbocycles. The number of rotatable bonds is 5. The maximum atomic E-state index is 11.0. The molecule has 0 saturated heterocycles. The number of hydrogen-bond acceptors (Lipinski definition) is 2. The molecule has 1 rings (SSSR count). The van der Waals surface area contributed by atoms with Gasteiger partial charge in [0.05, 0.1) is 0 Å². The number of benzene rings is 1. The third kappa shape index (κ3) is 4.71. The van der Waals surface area contributed by atoms with Crippen LogP contribution in [0, 0.1) is 5.92 Å². The van der Waals surface area contributed by atoms with Gasteiger partial charge in [-0.2, -0.15) is 0 Å². The highest BCUT2D eigenvalue weighted by Crippen LogP contribution is 2.02. The van der Waals surface area contributed by atoms with Crippen LogP contribution in [-0.4, -0.2) is 22.2 Å². The van der Waals surface area contributed by atoms with Crippen LogP contribution >= 0.6 is 12.2 Å². The van der Waals surface area contributed by atoms with E-state index in [0.717, 1.165) is 5.56 Å². The first kappa shape index (κ1) is 14.4. The van der Waals surface area contributed by atoms with Crippen molar-refractivity contribution in [3.63, 3.8) is 0 Å². The SMILES string of the molecule is CC(C)[C@H](NC(=S)NCc1ccccc1)C(=O)O. The van der Waals surface area contributed by atoms with Crippen molar-refractivity contribution in [3.8, 4) is 0 Å². The minimum atomic E-state index is -0.895. The van der Waals surface area contributed by atoms with Crippen molar-refractivity contribution in [1.29, 1.82) is 0 Å². The summed E-state index contributed by atoms with van der Waals surface area (Å²) in [5.41, 5.74) is 1.10. The van der Waals surface area contributed by atoms with Gasteiger partial charge in [0.2, 0.25) is 0 Å². The first-order chi connectivity index (χ1) is 8.50. The number of thiocarbonyl (C=S) groups is 1. The van der Waals surface area contributed by atoms with E-state index in [1.165, 1.54) is 0 Å². The molecule has 0 aromatic heterocycles. The van der Waals surface area contributed by atoms with E-state index in [1.54, 1.807) is 0 Å². The smallest absolute Gasteiger partial charge is 0.326 e. The fourth-order valence-corrected chi connectivity index (χ4v) is 1.68. The average Bonchev–Trinajstić information content (AvgIpc) is 2.34. The Hall–Kier alpha value is -1.62. The molecule has 0 amide bonds. The highest BCUT2D eigenvalue weighted by Gasteiger charge is 2.21. The van der Waals surface area contributed by atoms with E-state index in [1.807, 2.05) is 44.2 Å². The van der Waals surface area contributed by atoms with Crippen molar-refractivity contribution in [2.75, 3.05) is 0 Å². The first-order valence-corrected chi connectivity index (χ1v) is 6.22. The second kappa shape index (κ2) is 6.96. The molecule has 4 nitrogen and oxygen atoms in total. The largest absolute Gasteiger partial charge is 0.480 e. The molecule has 0 fully saturated rings. The van der Waals surface area contributed by atoms with Crippen molar-refractivity contribution in [2.45, 2.75) is 26.4 Å². The third-order valence-corrected chi connectivity index (χ3v) is 2.78. The van der Waals surface area contributed by atoms with Crippen LogP contribution in [0.4, 0.5) is 0 Å². The van der Waals surface area contributed by atoms with Gasteiger partial charge in [-0.3, -0.25) is 0 Å². The van der Waals surface area contributed by atoms with Gasteiger partial charge in [0.1, 0.15) is 6.04 Å².